The van der Waals surface area contributed by atoms with Gasteiger partial charge in [-0.3, -0.25) is 0 Å². The van der Waals surface area contributed by atoms with Crippen LogP contribution in [0.1, 0.15) is 26.2 Å². The average molecular weight is 197 g/mol. The van der Waals surface area contributed by atoms with Crippen LogP contribution in [0.3, 0.4) is 0 Å². The van der Waals surface area contributed by atoms with Crippen molar-refractivity contribution in [2.75, 3.05) is 6.54 Å². The topological polar surface area (TPSA) is 66.5 Å². The highest BCUT2D eigenvalue weighted by Gasteiger charge is 1.92. The summed E-state index contributed by atoms with van der Waals surface area (Å²) in [6.45, 7) is 2.66. The molecule has 0 heterocycles. The van der Waals surface area contributed by atoms with Gasteiger partial charge in [0, 0.05) is 0 Å². The van der Waals surface area contributed by atoms with Crippen molar-refractivity contribution in [1.29, 1.82) is 0 Å². The molecular weight excluding hydrogens is 178 g/mol. The first-order chi connectivity index (χ1) is 6.74. The number of unbranched alkanes of at least 4 members (excludes halogenated alkanes) is 1. The molecule has 0 aromatic carbocycles. The number of nitrogens with two attached hydrogens (primary N) is 1. The van der Waals surface area contributed by atoms with E-state index < -0.39 is 0 Å². The minimum absolute atomic E-state index is 0.136. The molecule has 0 unspecified atom stereocenters. The van der Waals surface area contributed by atoms with E-state index in [9.17, 15) is 0 Å². The van der Waals surface area contributed by atoms with Gasteiger partial charge in [-0.2, -0.15) is 0 Å². The molecule has 4 N–H and O–H groups in total. The van der Waals surface area contributed by atoms with Crippen LogP contribution in [0.5, 0.6) is 0 Å². The van der Waals surface area contributed by atoms with Crippen molar-refractivity contribution < 1.29 is 10.2 Å². The quantitative estimate of drug-likeness (QED) is 0.348. The highest BCUT2D eigenvalue weighted by atomic mass is 16.3. The molecule has 80 valence electrons. The second kappa shape index (κ2) is 8.38. The van der Waals surface area contributed by atoms with Crippen molar-refractivity contribution in [1.82, 2.24) is 0 Å². The second-order valence-corrected chi connectivity index (χ2v) is 3.00. The SMILES string of the molecule is C\C=C(/C=C\C(O)=C\O)CCCCN. The third-order valence-corrected chi connectivity index (χ3v) is 1.89. The number of hydrogen-bond acceptors (Lipinski definition) is 3. The number of rotatable bonds is 6. The first-order valence-electron chi connectivity index (χ1n) is 4.81. The zero-order chi connectivity index (χ0) is 10.8. The van der Waals surface area contributed by atoms with Crippen LogP contribution in [0.2, 0.25) is 0 Å². The summed E-state index contributed by atoms with van der Waals surface area (Å²) >= 11 is 0. The molecule has 14 heavy (non-hydrogen) atoms. The molecule has 0 aliphatic rings. The van der Waals surface area contributed by atoms with Crippen molar-refractivity contribution in [3.05, 3.63) is 35.8 Å². The van der Waals surface area contributed by atoms with Crippen molar-refractivity contribution >= 4 is 0 Å². The summed E-state index contributed by atoms with van der Waals surface area (Å²) < 4.78 is 0. The molecule has 0 aliphatic heterocycles. The zero-order valence-corrected chi connectivity index (χ0v) is 8.61. The molecule has 0 aliphatic carbocycles. The van der Waals surface area contributed by atoms with Crippen molar-refractivity contribution in [3.8, 4) is 0 Å². The Morgan fingerprint density at radius 3 is 2.50 bits per heavy atom. The highest BCUT2D eigenvalue weighted by Crippen LogP contribution is 2.09. The van der Waals surface area contributed by atoms with Crippen LogP contribution in [0.25, 0.3) is 0 Å². The van der Waals surface area contributed by atoms with Crippen LogP contribution in [0, 0.1) is 0 Å². The molecule has 0 saturated carbocycles. The van der Waals surface area contributed by atoms with E-state index in [0.717, 1.165) is 24.8 Å². The Bertz CT molecular complexity index is 229. The lowest BCUT2D eigenvalue weighted by atomic mass is 10.1. The Morgan fingerprint density at radius 2 is 2.00 bits per heavy atom. The van der Waals surface area contributed by atoms with Crippen molar-refractivity contribution in [2.24, 2.45) is 5.73 Å². The summed E-state index contributed by atoms with van der Waals surface area (Å²) in [4.78, 5) is 0. The van der Waals surface area contributed by atoms with Gasteiger partial charge in [0.2, 0.25) is 0 Å². The number of hydrogen-bond donors (Lipinski definition) is 3. The molecule has 3 heteroatoms. The van der Waals surface area contributed by atoms with Crippen LogP contribution in [-0.4, -0.2) is 16.8 Å². The Morgan fingerprint density at radius 1 is 1.29 bits per heavy atom. The van der Waals surface area contributed by atoms with Crippen LogP contribution in [0.4, 0.5) is 0 Å². The van der Waals surface area contributed by atoms with E-state index in [1.54, 1.807) is 6.08 Å². The first kappa shape index (κ1) is 12.8. The monoisotopic (exact) mass is 197 g/mol. The fraction of sp³-hybridized carbons (Fsp3) is 0.455. The first-order valence-corrected chi connectivity index (χ1v) is 4.81. The van der Waals surface area contributed by atoms with Gasteiger partial charge in [0.05, 0.1) is 0 Å². The number of aliphatic hydroxyl groups is 2. The molecule has 3 nitrogen and oxygen atoms in total. The van der Waals surface area contributed by atoms with E-state index in [0.29, 0.717) is 12.8 Å². The lowest BCUT2D eigenvalue weighted by Crippen LogP contribution is -1.97. The summed E-state index contributed by atoms with van der Waals surface area (Å²) in [6.07, 6.45) is 8.91. The van der Waals surface area contributed by atoms with Crippen LogP contribution in [-0.2, 0) is 0 Å². The largest absolute Gasteiger partial charge is 0.512 e. The molecule has 0 rings (SSSR count). The van der Waals surface area contributed by atoms with E-state index >= 15 is 0 Å². The molecule has 0 aromatic rings. The minimum Gasteiger partial charge on any atom is -0.512 e. The zero-order valence-electron chi connectivity index (χ0n) is 8.61. The second-order valence-electron chi connectivity index (χ2n) is 3.00. The van der Waals surface area contributed by atoms with Crippen LogP contribution < -0.4 is 5.73 Å². The Kier molecular flexibility index (Phi) is 7.65. The van der Waals surface area contributed by atoms with E-state index in [1.807, 2.05) is 13.0 Å². The van der Waals surface area contributed by atoms with Crippen LogP contribution >= 0.6 is 0 Å². The third-order valence-electron chi connectivity index (χ3n) is 1.89. The van der Waals surface area contributed by atoms with Crippen molar-refractivity contribution in [3.63, 3.8) is 0 Å². The summed E-state index contributed by atoms with van der Waals surface area (Å²) in [5.74, 6) is -0.136. The molecule has 0 spiro atoms. The molecular formula is C11H19NO2. The summed E-state index contributed by atoms with van der Waals surface area (Å²) in [5.41, 5.74) is 6.51. The molecule has 0 bridgehead atoms. The molecule has 0 atom stereocenters. The highest BCUT2D eigenvalue weighted by molar-refractivity contribution is 5.23. The van der Waals surface area contributed by atoms with Crippen molar-refractivity contribution in [2.45, 2.75) is 26.2 Å². The maximum Gasteiger partial charge on any atom is 0.149 e. The lowest BCUT2D eigenvalue weighted by Gasteiger charge is -2.00. The Labute approximate surface area is 85.2 Å². The van der Waals surface area contributed by atoms with Gasteiger partial charge in [0.1, 0.15) is 12.0 Å². The van der Waals surface area contributed by atoms with Gasteiger partial charge in [-0.05, 0) is 38.8 Å². The van der Waals surface area contributed by atoms with Gasteiger partial charge >= 0.3 is 0 Å². The third kappa shape index (κ3) is 6.31. The van der Waals surface area contributed by atoms with Gasteiger partial charge < -0.3 is 15.9 Å². The maximum absolute atomic E-state index is 8.95. The predicted molar refractivity (Wildman–Crippen MR) is 59.1 cm³/mol. The molecule has 0 aromatic heterocycles. The maximum atomic E-state index is 8.95. The fourth-order valence-corrected chi connectivity index (χ4v) is 1.03. The fourth-order valence-electron chi connectivity index (χ4n) is 1.03. The number of allylic oxidation sites excluding steroid dienone is 4. The van der Waals surface area contributed by atoms with E-state index in [4.69, 9.17) is 15.9 Å². The van der Waals surface area contributed by atoms with Crippen LogP contribution in [0.15, 0.2) is 35.8 Å². The number of aliphatic hydroxyl groups excluding tert-OH is 2. The molecule has 0 fully saturated rings. The summed E-state index contributed by atoms with van der Waals surface area (Å²) in [7, 11) is 0. The molecule has 0 saturated heterocycles. The standard InChI is InChI=1S/C11H19NO2/c1-2-10(5-3-4-8-12)6-7-11(14)9-13/h2,6-7,9,13-14H,3-5,8,12H2,1H3/b7-6-,10-2-,11-9-. The van der Waals surface area contributed by atoms with Gasteiger partial charge in [-0.15, -0.1) is 0 Å². The lowest BCUT2D eigenvalue weighted by molar-refractivity contribution is 0.377. The molecule has 0 amide bonds. The minimum atomic E-state index is -0.136. The normalized spacial score (nSPS) is 13.9. The Hall–Kier alpha value is -1.22. The summed E-state index contributed by atoms with van der Waals surface area (Å²) in [6, 6.07) is 0. The van der Waals surface area contributed by atoms with Gasteiger partial charge in [0.25, 0.3) is 0 Å². The van der Waals surface area contributed by atoms with Gasteiger partial charge in [-0.25, -0.2) is 0 Å². The van der Waals surface area contributed by atoms with E-state index in [2.05, 4.69) is 0 Å². The van der Waals surface area contributed by atoms with E-state index in [-0.39, 0.29) is 5.76 Å². The van der Waals surface area contributed by atoms with Gasteiger partial charge in [0.15, 0.2) is 0 Å². The van der Waals surface area contributed by atoms with Gasteiger partial charge in [-0.1, -0.05) is 17.7 Å². The van der Waals surface area contributed by atoms with E-state index in [1.165, 1.54) is 6.08 Å². The molecule has 0 radical (unpaired) electrons. The smallest absolute Gasteiger partial charge is 0.149 e. The average Bonchev–Trinajstić information content (AvgIpc) is 2.22. The Balaban J connectivity index is 3.98. The summed E-state index contributed by atoms with van der Waals surface area (Å²) in [5, 5.41) is 17.4. The predicted octanol–water partition coefficient (Wildman–Crippen LogP) is 2.58.